The Bertz CT molecular complexity index is 732. The molecule has 2 rings (SSSR count). The molecule has 1 aromatic carbocycles. The summed E-state index contributed by atoms with van der Waals surface area (Å²) in [6.45, 7) is 0.458. The standard InChI is InChI=1S/C15H21N3O5S/c1-17(2)24(21,22)12-7-4-6-11(10-12)16-14(19)13-8-5-9-18(13)15(20)23-3/h4,6-7,10,13H,5,8-9H2,1-3H3,(H,16,19). The zero-order valence-corrected chi connectivity index (χ0v) is 14.7. The molecule has 1 N–H and O–H groups in total. The van der Waals surface area contributed by atoms with Gasteiger partial charge in [0.1, 0.15) is 6.04 Å². The van der Waals surface area contributed by atoms with Crippen molar-refractivity contribution < 1.29 is 22.7 Å². The zero-order valence-electron chi connectivity index (χ0n) is 13.9. The summed E-state index contributed by atoms with van der Waals surface area (Å²) in [5.74, 6) is -0.364. The van der Waals surface area contributed by atoms with Gasteiger partial charge in [0.2, 0.25) is 15.9 Å². The lowest BCUT2D eigenvalue weighted by molar-refractivity contribution is -0.119. The summed E-state index contributed by atoms with van der Waals surface area (Å²) in [5.41, 5.74) is 0.361. The molecule has 0 bridgehead atoms. The van der Waals surface area contributed by atoms with E-state index >= 15 is 0 Å². The molecule has 1 saturated heterocycles. The van der Waals surface area contributed by atoms with E-state index in [0.717, 1.165) is 4.31 Å². The van der Waals surface area contributed by atoms with Crippen molar-refractivity contribution in [1.82, 2.24) is 9.21 Å². The molecule has 1 atom stereocenters. The lowest BCUT2D eigenvalue weighted by Gasteiger charge is -2.22. The van der Waals surface area contributed by atoms with E-state index in [0.29, 0.717) is 25.1 Å². The van der Waals surface area contributed by atoms with Crippen LogP contribution in [0.15, 0.2) is 29.2 Å². The lowest BCUT2D eigenvalue weighted by atomic mass is 10.2. The third kappa shape index (κ3) is 3.68. The second kappa shape index (κ2) is 7.18. The number of carbonyl (C=O) groups excluding carboxylic acids is 2. The molecule has 0 aromatic heterocycles. The van der Waals surface area contributed by atoms with Crippen LogP contribution >= 0.6 is 0 Å². The maximum atomic E-state index is 12.4. The summed E-state index contributed by atoms with van der Waals surface area (Å²) >= 11 is 0. The predicted octanol–water partition coefficient (Wildman–Crippen LogP) is 1.11. The topological polar surface area (TPSA) is 96.0 Å². The molecule has 0 spiro atoms. The quantitative estimate of drug-likeness (QED) is 0.873. The van der Waals surface area contributed by atoms with Crippen LogP contribution in [-0.4, -0.2) is 63.4 Å². The number of sulfonamides is 1. The number of nitrogens with zero attached hydrogens (tertiary/aromatic N) is 2. The van der Waals surface area contributed by atoms with E-state index in [-0.39, 0.29) is 10.8 Å². The molecule has 1 fully saturated rings. The Kier molecular flexibility index (Phi) is 5.45. The molecule has 1 heterocycles. The van der Waals surface area contributed by atoms with Crippen molar-refractivity contribution in [1.29, 1.82) is 0 Å². The number of amides is 2. The van der Waals surface area contributed by atoms with Crippen molar-refractivity contribution in [2.24, 2.45) is 0 Å². The normalized spacial score (nSPS) is 17.8. The molecular formula is C15H21N3O5S. The maximum Gasteiger partial charge on any atom is 0.410 e. The monoisotopic (exact) mass is 355 g/mol. The van der Waals surface area contributed by atoms with E-state index in [1.165, 1.54) is 38.2 Å². The summed E-state index contributed by atoms with van der Waals surface area (Å²) < 4.78 is 30.1. The maximum absolute atomic E-state index is 12.4. The zero-order chi connectivity index (χ0) is 17.9. The van der Waals surface area contributed by atoms with Gasteiger partial charge in [0.05, 0.1) is 12.0 Å². The van der Waals surface area contributed by atoms with Gasteiger partial charge in [-0.1, -0.05) is 6.07 Å². The van der Waals surface area contributed by atoms with Crippen molar-refractivity contribution >= 4 is 27.7 Å². The van der Waals surface area contributed by atoms with Crippen LogP contribution in [0, 0.1) is 0 Å². The number of benzene rings is 1. The number of ether oxygens (including phenoxy) is 1. The van der Waals surface area contributed by atoms with E-state index in [1.807, 2.05) is 0 Å². The summed E-state index contributed by atoms with van der Waals surface area (Å²) in [6, 6.07) is 5.39. The molecule has 0 aliphatic carbocycles. The molecule has 8 nitrogen and oxygen atoms in total. The third-order valence-corrected chi connectivity index (χ3v) is 5.66. The smallest absolute Gasteiger partial charge is 0.410 e. The minimum absolute atomic E-state index is 0.0848. The number of likely N-dealkylation sites (tertiary alicyclic amines) is 1. The van der Waals surface area contributed by atoms with Gasteiger partial charge in [-0.25, -0.2) is 17.5 Å². The SMILES string of the molecule is COC(=O)N1CCCC1C(=O)Nc1cccc(S(=O)(=O)N(C)C)c1. The third-order valence-electron chi connectivity index (χ3n) is 3.84. The van der Waals surface area contributed by atoms with Gasteiger partial charge in [-0.3, -0.25) is 9.69 Å². The van der Waals surface area contributed by atoms with Crippen molar-refractivity contribution in [3.63, 3.8) is 0 Å². The van der Waals surface area contributed by atoms with Gasteiger partial charge in [0.15, 0.2) is 0 Å². The first-order valence-corrected chi connectivity index (χ1v) is 8.89. The molecule has 24 heavy (non-hydrogen) atoms. The van der Waals surface area contributed by atoms with E-state index < -0.39 is 22.2 Å². The Labute approximate surface area is 141 Å². The number of methoxy groups -OCH3 is 1. The van der Waals surface area contributed by atoms with Crippen LogP contribution in [0.4, 0.5) is 10.5 Å². The fourth-order valence-electron chi connectivity index (χ4n) is 2.55. The van der Waals surface area contributed by atoms with Crippen LogP contribution in [0.5, 0.6) is 0 Å². The molecule has 9 heteroatoms. The number of hydrogen-bond donors (Lipinski definition) is 1. The Balaban J connectivity index is 2.17. The van der Waals surface area contributed by atoms with Crippen molar-refractivity contribution in [3.05, 3.63) is 24.3 Å². The number of nitrogens with one attached hydrogen (secondary N) is 1. The first-order chi connectivity index (χ1) is 11.3. The average molecular weight is 355 g/mol. The molecule has 1 aromatic rings. The van der Waals surface area contributed by atoms with Gasteiger partial charge in [0, 0.05) is 26.3 Å². The summed E-state index contributed by atoms with van der Waals surface area (Å²) in [4.78, 5) is 25.6. The summed E-state index contributed by atoms with van der Waals surface area (Å²) in [5, 5.41) is 2.67. The first-order valence-electron chi connectivity index (χ1n) is 7.45. The van der Waals surface area contributed by atoms with Gasteiger partial charge in [-0.15, -0.1) is 0 Å². The van der Waals surface area contributed by atoms with Gasteiger partial charge >= 0.3 is 6.09 Å². The summed E-state index contributed by atoms with van der Waals surface area (Å²) in [6.07, 6.45) is 0.704. The van der Waals surface area contributed by atoms with Crippen LogP contribution < -0.4 is 5.32 Å². The molecule has 132 valence electrons. The minimum Gasteiger partial charge on any atom is -0.453 e. The second-order valence-electron chi connectivity index (χ2n) is 5.63. The number of hydrogen-bond acceptors (Lipinski definition) is 5. The molecule has 1 aliphatic rings. The molecular weight excluding hydrogens is 334 g/mol. The molecule has 0 radical (unpaired) electrons. The Morgan fingerprint density at radius 2 is 2.04 bits per heavy atom. The highest BCUT2D eigenvalue weighted by molar-refractivity contribution is 7.89. The van der Waals surface area contributed by atoms with Gasteiger partial charge in [-0.2, -0.15) is 0 Å². The van der Waals surface area contributed by atoms with E-state index in [2.05, 4.69) is 10.1 Å². The Hall–Kier alpha value is -2.13. The number of rotatable bonds is 4. The van der Waals surface area contributed by atoms with Gasteiger partial charge in [0.25, 0.3) is 0 Å². The van der Waals surface area contributed by atoms with Crippen LogP contribution in [0.3, 0.4) is 0 Å². The average Bonchev–Trinajstić information content (AvgIpc) is 3.04. The second-order valence-corrected chi connectivity index (χ2v) is 7.78. The van der Waals surface area contributed by atoms with Gasteiger partial charge < -0.3 is 10.1 Å². The lowest BCUT2D eigenvalue weighted by Crippen LogP contribution is -2.43. The predicted molar refractivity (Wildman–Crippen MR) is 88.1 cm³/mol. The highest BCUT2D eigenvalue weighted by Crippen LogP contribution is 2.22. The van der Waals surface area contributed by atoms with Crippen LogP contribution in [0.2, 0.25) is 0 Å². The van der Waals surface area contributed by atoms with Gasteiger partial charge in [-0.05, 0) is 31.0 Å². The van der Waals surface area contributed by atoms with Crippen molar-refractivity contribution in [2.75, 3.05) is 33.1 Å². The fourth-order valence-corrected chi connectivity index (χ4v) is 3.49. The molecule has 0 saturated carbocycles. The van der Waals surface area contributed by atoms with Crippen LogP contribution in [-0.2, 0) is 19.6 Å². The highest BCUT2D eigenvalue weighted by atomic mass is 32.2. The first kappa shape index (κ1) is 18.2. The number of carbonyl (C=O) groups is 2. The van der Waals surface area contributed by atoms with Crippen molar-refractivity contribution in [3.8, 4) is 0 Å². The highest BCUT2D eigenvalue weighted by Gasteiger charge is 2.34. The Morgan fingerprint density at radius 1 is 1.33 bits per heavy atom. The Morgan fingerprint density at radius 3 is 2.67 bits per heavy atom. The van der Waals surface area contributed by atoms with E-state index in [4.69, 9.17) is 0 Å². The largest absolute Gasteiger partial charge is 0.453 e. The van der Waals surface area contributed by atoms with Crippen molar-refractivity contribution in [2.45, 2.75) is 23.8 Å². The van der Waals surface area contributed by atoms with Crippen LogP contribution in [0.25, 0.3) is 0 Å². The molecule has 1 unspecified atom stereocenters. The summed E-state index contributed by atoms with van der Waals surface area (Å²) in [7, 11) is 0.560. The van der Waals surface area contributed by atoms with E-state index in [1.54, 1.807) is 12.1 Å². The minimum atomic E-state index is -3.58. The number of anilines is 1. The fraction of sp³-hybridized carbons (Fsp3) is 0.467. The van der Waals surface area contributed by atoms with Crippen LogP contribution in [0.1, 0.15) is 12.8 Å². The van der Waals surface area contributed by atoms with E-state index in [9.17, 15) is 18.0 Å². The molecule has 2 amide bonds. The molecule has 1 aliphatic heterocycles.